The first-order valence-corrected chi connectivity index (χ1v) is 11.9. The first kappa shape index (κ1) is 33.6. The molecule has 0 bridgehead atoms. The minimum Gasteiger partial charge on any atom is -0.463 e. The molecule has 0 aliphatic heterocycles. The topological polar surface area (TPSA) is 138 Å². The number of hydrogen-bond acceptors (Lipinski definition) is 7. The zero-order chi connectivity index (χ0) is 26.8. The fraction of sp³-hybridized carbons (Fsp3) is 0.333. The summed E-state index contributed by atoms with van der Waals surface area (Å²) in [5.41, 5.74) is 6.57. The molecule has 12 heteroatoms. The van der Waals surface area contributed by atoms with E-state index in [9.17, 15) is 14.4 Å². The van der Waals surface area contributed by atoms with Crippen molar-refractivity contribution in [1.82, 2.24) is 14.9 Å². The van der Waals surface area contributed by atoms with Crippen molar-refractivity contribution in [1.29, 1.82) is 0 Å². The minimum absolute atomic E-state index is 0. The Hall–Kier alpha value is -3.44. The second kappa shape index (κ2) is 15.8. The van der Waals surface area contributed by atoms with Gasteiger partial charge in [0.15, 0.2) is 5.82 Å². The molecule has 10 nitrogen and oxygen atoms in total. The summed E-state index contributed by atoms with van der Waals surface area (Å²) in [7, 11) is 0. The van der Waals surface area contributed by atoms with E-state index in [-0.39, 0.29) is 56.5 Å². The maximum atomic E-state index is 13.1. The van der Waals surface area contributed by atoms with Gasteiger partial charge in [-0.2, -0.15) is 0 Å². The van der Waals surface area contributed by atoms with Crippen LogP contribution in [0.25, 0.3) is 0 Å². The molecule has 0 saturated carbocycles. The van der Waals surface area contributed by atoms with Crippen LogP contribution in [-0.2, 0) is 30.5 Å². The molecule has 212 valence electrons. The lowest BCUT2D eigenvalue weighted by Crippen LogP contribution is -2.56. The number of nitrogens with zero attached hydrogens (tertiary/aromatic N) is 2. The van der Waals surface area contributed by atoms with Crippen molar-refractivity contribution in [3.63, 3.8) is 0 Å². The van der Waals surface area contributed by atoms with Gasteiger partial charge in [0.25, 0.3) is 5.91 Å². The minimum atomic E-state index is -1.18. The lowest BCUT2D eigenvalue weighted by molar-refractivity contribution is -0.141. The SMILES string of the molecule is CC(=O)OCC(c1ccccc1)n1cnc(NC(=O)[C@@H](COCc2ccccc2)NC(=O)C(C)(C)N)c1.Cl.Cl. The molecule has 2 amide bonds. The Bertz CT molecular complexity index is 1190. The zero-order valence-corrected chi connectivity index (χ0v) is 23.7. The number of hydrogen-bond donors (Lipinski definition) is 3. The summed E-state index contributed by atoms with van der Waals surface area (Å²) < 4.78 is 12.7. The normalized spacial score (nSPS) is 12.2. The Labute approximate surface area is 240 Å². The summed E-state index contributed by atoms with van der Waals surface area (Å²) in [4.78, 5) is 41.3. The van der Waals surface area contributed by atoms with Gasteiger partial charge < -0.3 is 30.4 Å². The van der Waals surface area contributed by atoms with Crippen molar-refractivity contribution in [2.45, 2.75) is 45.0 Å². The number of benzene rings is 2. The maximum absolute atomic E-state index is 13.1. The number of amides is 2. The highest BCUT2D eigenvalue weighted by Crippen LogP contribution is 2.20. The standard InChI is InChI=1S/C27H33N5O5.2ClH/c1-19(33)37-17-23(21-12-8-5-9-13-21)32-14-24(29-18-32)31-25(34)22(30-26(35)27(2,3)28)16-36-15-20-10-6-4-7-11-20;;/h4-14,18,22-23H,15-17,28H2,1-3H3,(H,30,35)(H,31,34);2*1H/t22-,23?;;/m1../s1. The van der Waals surface area contributed by atoms with Gasteiger partial charge in [-0.25, -0.2) is 4.98 Å². The molecule has 0 fully saturated rings. The van der Waals surface area contributed by atoms with Gasteiger partial charge in [0, 0.05) is 13.1 Å². The number of esters is 1. The molecule has 0 aliphatic rings. The monoisotopic (exact) mass is 579 g/mol. The Balaban J connectivity index is 0.00000380. The van der Waals surface area contributed by atoms with Gasteiger partial charge >= 0.3 is 5.97 Å². The Morgan fingerprint density at radius 3 is 2.21 bits per heavy atom. The molecule has 1 aromatic heterocycles. The van der Waals surface area contributed by atoms with Crippen molar-refractivity contribution >= 4 is 48.4 Å². The lowest BCUT2D eigenvalue weighted by Gasteiger charge is -2.23. The molecule has 3 rings (SSSR count). The molecular weight excluding hydrogens is 545 g/mol. The van der Waals surface area contributed by atoms with Gasteiger partial charge in [0.2, 0.25) is 5.91 Å². The van der Waals surface area contributed by atoms with E-state index in [4.69, 9.17) is 15.2 Å². The summed E-state index contributed by atoms with van der Waals surface area (Å²) in [6, 6.07) is 17.6. The second-order valence-electron chi connectivity index (χ2n) is 9.17. The number of nitrogens with two attached hydrogens (primary N) is 1. The fourth-order valence-corrected chi connectivity index (χ4v) is 3.41. The molecular formula is C27H35Cl2N5O5. The lowest BCUT2D eigenvalue weighted by atomic mass is 10.1. The molecule has 0 spiro atoms. The average Bonchev–Trinajstić information content (AvgIpc) is 3.32. The van der Waals surface area contributed by atoms with E-state index in [1.165, 1.54) is 6.92 Å². The first-order valence-electron chi connectivity index (χ1n) is 11.9. The molecule has 1 heterocycles. The summed E-state index contributed by atoms with van der Waals surface area (Å²) in [6.45, 7) is 4.75. The van der Waals surface area contributed by atoms with Crippen LogP contribution < -0.4 is 16.4 Å². The van der Waals surface area contributed by atoms with Crippen LogP contribution in [0.4, 0.5) is 5.82 Å². The van der Waals surface area contributed by atoms with Crippen molar-refractivity contribution in [2.24, 2.45) is 5.73 Å². The van der Waals surface area contributed by atoms with E-state index < -0.39 is 29.4 Å². The van der Waals surface area contributed by atoms with E-state index in [1.807, 2.05) is 60.7 Å². The third-order valence-electron chi connectivity index (χ3n) is 5.44. The third kappa shape index (κ3) is 10.7. The van der Waals surface area contributed by atoms with Crippen LogP contribution in [0.15, 0.2) is 73.2 Å². The van der Waals surface area contributed by atoms with Crippen molar-refractivity contribution in [2.75, 3.05) is 18.5 Å². The summed E-state index contributed by atoms with van der Waals surface area (Å²) in [5.74, 6) is -1.13. The smallest absolute Gasteiger partial charge is 0.302 e. The molecule has 1 unspecified atom stereocenters. The van der Waals surface area contributed by atoms with E-state index in [1.54, 1.807) is 30.9 Å². The predicted molar refractivity (Wildman–Crippen MR) is 153 cm³/mol. The summed E-state index contributed by atoms with van der Waals surface area (Å²) in [5, 5.41) is 5.38. The molecule has 0 aliphatic carbocycles. The molecule has 4 N–H and O–H groups in total. The van der Waals surface area contributed by atoms with Crippen LogP contribution in [0, 0.1) is 0 Å². The fourth-order valence-electron chi connectivity index (χ4n) is 3.41. The number of carbonyl (C=O) groups excluding carboxylic acids is 3. The molecule has 39 heavy (non-hydrogen) atoms. The van der Waals surface area contributed by atoms with E-state index >= 15 is 0 Å². The molecule has 3 aromatic rings. The van der Waals surface area contributed by atoms with Gasteiger partial charge in [-0.15, -0.1) is 24.8 Å². The molecule has 2 atom stereocenters. The molecule has 0 saturated heterocycles. The number of imidazole rings is 1. The number of carbonyl (C=O) groups is 3. The van der Waals surface area contributed by atoms with Crippen molar-refractivity contribution in [3.8, 4) is 0 Å². The quantitative estimate of drug-likeness (QED) is 0.280. The van der Waals surface area contributed by atoms with Gasteiger partial charge in [0.1, 0.15) is 12.6 Å². The highest BCUT2D eigenvalue weighted by molar-refractivity contribution is 5.98. The Morgan fingerprint density at radius 1 is 1.00 bits per heavy atom. The predicted octanol–water partition coefficient (Wildman–Crippen LogP) is 3.26. The molecule has 0 radical (unpaired) electrons. The number of aromatic nitrogens is 2. The van der Waals surface area contributed by atoms with Gasteiger partial charge in [0.05, 0.1) is 31.1 Å². The number of ether oxygens (including phenoxy) is 2. The number of anilines is 1. The maximum Gasteiger partial charge on any atom is 0.302 e. The highest BCUT2D eigenvalue weighted by Gasteiger charge is 2.29. The van der Waals surface area contributed by atoms with Crippen LogP contribution in [0.1, 0.15) is 37.9 Å². The van der Waals surface area contributed by atoms with Crippen LogP contribution in [-0.4, -0.2) is 52.1 Å². The van der Waals surface area contributed by atoms with Crippen molar-refractivity contribution in [3.05, 3.63) is 84.3 Å². The highest BCUT2D eigenvalue weighted by atomic mass is 35.5. The van der Waals surface area contributed by atoms with Gasteiger partial charge in [-0.05, 0) is 25.0 Å². The van der Waals surface area contributed by atoms with Gasteiger partial charge in [-0.1, -0.05) is 60.7 Å². The van der Waals surface area contributed by atoms with E-state index in [0.29, 0.717) is 0 Å². The zero-order valence-electron chi connectivity index (χ0n) is 22.0. The van der Waals surface area contributed by atoms with Crippen molar-refractivity contribution < 1.29 is 23.9 Å². The van der Waals surface area contributed by atoms with E-state index in [2.05, 4.69) is 15.6 Å². The van der Waals surface area contributed by atoms with E-state index in [0.717, 1.165) is 11.1 Å². The number of nitrogens with one attached hydrogen (secondary N) is 2. The first-order chi connectivity index (χ1) is 17.6. The van der Waals surface area contributed by atoms with Crippen LogP contribution in [0.5, 0.6) is 0 Å². The van der Waals surface area contributed by atoms with Crippen LogP contribution in [0.3, 0.4) is 0 Å². The van der Waals surface area contributed by atoms with Crippen LogP contribution >= 0.6 is 24.8 Å². The summed E-state index contributed by atoms with van der Waals surface area (Å²) >= 11 is 0. The number of halogens is 2. The van der Waals surface area contributed by atoms with Gasteiger partial charge in [-0.3, -0.25) is 14.4 Å². The second-order valence-corrected chi connectivity index (χ2v) is 9.17. The number of rotatable bonds is 12. The Morgan fingerprint density at radius 2 is 1.62 bits per heavy atom. The Kier molecular flexibility index (Phi) is 13.6. The largest absolute Gasteiger partial charge is 0.463 e. The van der Waals surface area contributed by atoms with Crippen LogP contribution in [0.2, 0.25) is 0 Å². The average molecular weight is 581 g/mol. The third-order valence-corrected chi connectivity index (χ3v) is 5.44. The molecule has 2 aromatic carbocycles. The summed E-state index contributed by atoms with van der Waals surface area (Å²) in [6.07, 6.45) is 3.18.